The summed E-state index contributed by atoms with van der Waals surface area (Å²) in [6.45, 7) is 8.52. The Morgan fingerprint density at radius 3 is 2.48 bits per heavy atom. The smallest absolute Gasteiger partial charge is 0.407 e. The summed E-state index contributed by atoms with van der Waals surface area (Å²) in [5, 5.41) is 17.3. The molecule has 1 aliphatic heterocycles. The molecule has 1 fully saturated rings. The maximum absolute atomic E-state index is 12.7. The van der Waals surface area contributed by atoms with Crippen LogP contribution in [0.2, 0.25) is 0 Å². The molecular formula is C24H30N4O5. The first kappa shape index (κ1) is 24.0. The number of benzene rings is 2. The van der Waals surface area contributed by atoms with Crippen LogP contribution in [0.1, 0.15) is 49.5 Å². The molecule has 0 radical (unpaired) electrons. The van der Waals surface area contributed by atoms with Crippen molar-refractivity contribution in [1.82, 2.24) is 5.32 Å². The number of nitrogens with zero attached hydrogens (tertiary/aromatic N) is 2. The van der Waals surface area contributed by atoms with E-state index in [4.69, 9.17) is 4.74 Å². The number of carbonyl (C=O) groups is 2. The van der Waals surface area contributed by atoms with E-state index in [1.807, 2.05) is 24.0 Å². The lowest BCUT2D eigenvalue weighted by molar-refractivity contribution is -0.385. The normalized spacial score (nSPS) is 16.1. The van der Waals surface area contributed by atoms with Crippen molar-refractivity contribution >= 4 is 29.1 Å². The van der Waals surface area contributed by atoms with Crippen molar-refractivity contribution in [1.29, 1.82) is 0 Å². The van der Waals surface area contributed by atoms with Gasteiger partial charge in [0.15, 0.2) is 0 Å². The van der Waals surface area contributed by atoms with Crippen molar-refractivity contribution < 1.29 is 19.2 Å². The number of amides is 2. The largest absolute Gasteiger partial charge is 0.444 e. The molecule has 2 aromatic carbocycles. The van der Waals surface area contributed by atoms with Gasteiger partial charge in [-0.25, -0.2) is 4.79 Å². The van der Waals surface area contributed by atoms with Gasteiger partial charge in [-0.05, 0) is 64.8 Å². The highest BCUT2D eigenvalue weighted by Gasteiger charge is 2.27. The number of piperidine rings is 1. The van der Waals surface area contributed by atoms with Gasteiger partial charge in [0.25, 0.3) is 11.6 Å². The first-order valence-electron chi connectivity index (χ1n) is 10.9. The van der Waals surface area contributed by atoms with E-state index in [0.29, 0.717) is 24.5 Å². The number of alkyl carbamates (subject to hydrolysis) is 1. The van der Waals surface area contributed by atoms with Crippen LogP contribution in [0.3, 0.4) is 0 Å². The number of hydrogen-bond donors (Lipinski definition) is 2. The number of aryl methyl sites for hydroxylation is 1. The Morgan fingerprint density at radius 1 is 1.15 bits per heavy atom. The van der Waals surface area contributed by atoms with E-state index < -0.39 is 22.5 Å². The van der Waals surface area contributed by atoms with E-state index in [-0.39, 0.29) is 17.3 Å². The molecule has 0 spiro atoms. The van der Waals surface area contributed by atoms with Gasteiger partial charge in [0.05, 0.1) is 4.92 Å². The molecule has 1 heterocycles. The van der Waals surface area contributed by atoms with Crippen LogP contribution >= 0.6 is 0 Å². The summed E-state index contributed by atoms with van der Waals surface area (Å²) in [6, 6.07) is 11.7. The van der Waals surface area contributed by atoms with Crippen molar-refractivity contribution in [3.05, 3.63) is 63.7 Å². The second kappa shape index (κ2) is 9.89. The molecule has 0 aromatic heterocycles. The third-order valence-electron chi connectivity index (χ3n) is 5.24. The lowest BCUT2D eigenvalue weighted by atomic mass is 10.0. The summed E-state index contributed by atoms with van der Waals surface area (Å²) >= 11 is 0. The Morgan fingerprint density at radius 2 is 1.85 bits per heavy atom. The summed E-state index contributed by atoms with van der Waals surface area (Å²) in [7, 11) is 0. The van der Waals surface area contributed by atoms with Crippen LogP contribution in [0.25, 0.3) is 0 Å². The fraction of sp³-hybridized carbons (Fsp3) is 0.417. The number of nitro groups is 1. The molecule has 9 nitrogen and oxygen atoms in total. The van der Waals surface area contributed by atoms with Crippen molar-refractivity contribution in [3.63, 3.8) is 0 Å². The van der Waals surface area contributed by atoms with Gasteiger partial charge in [0, 0.05) is 36.6 Å². The molecule has 0 unspecified atom stereocenters. The van der Waals surface area contributed by atoms with Crippen LogP contribution < -0.4 is 15.5 Å². The molecule has 1 saturated heterocycles. The average molecular weight is 455 g/mol. The van der Waals surface area contributed by atoms with Crippen LogP contribution in [0.4, 0.5) is 21.9 Å². The summed E-state index contributed by atoms with van der Waals surface area (Å²) < 4.78 is 5.33. The monoisotopic (exact) mass is 454 g/mol. The van der Waals surface area contributed by atoms with E-state index in [9.17, 15) is 19.7 Å². The van der Waals surface area contributed by atoms with Crippen LogP contribution in [0.15, 0.2) is 42.5 Å². The summed E-state index contributed by atoms with van der Waals surface area (Å²) in [5.74, 6) is -0.541. The van der Waals surface area contributed by atoms with E-state index in [1.54, 1.807) is 39.0 Å². The zero-order valence-electron chi connectivity index (χ0n) is 19.4. The van der Waals surface area contributed by atoms with Gasteiger partial charge in [0.2, 0.25) is 0 Å². The number of hydrogen-bond acceptors (Lipinski definition) is 6. The number of nitro benzene ring substituents is 1. The zero-order chi connectivity index (χ0) is 24.2. The summed E-state index contributed by atoms with van der Waals surface area (Å²) in [5.41, 5.74) is 1.38. The van der Waals surface area contributed by atoms with Crippen LogP contribution in [-0.2, 0) is 4.74 Å². The van der Waals surface area contributed by atoms with Crippen molar-refractivity contribution in [2.45, 2.75) is 52.2 Å². The van der Waals surface area contributed by atoms with Crippen molar-refractivity contribution in [2.24, 2.45) is 0 Å². The molecule has 9 heteroatoms. The molecule has 33 heavy (non-hydrogen) atoms. The number of rotatable bonds is 5. The van der Waals surface area contributed by atoms with Gasteiger partial charge in [0.1, 0.15) is 11.2 Å². The van der Waals surface area contributed by atoms with Gasteiger partial charge in [-0.2, -0.15) is 0 Å². The molecule has 2 amide bonds. The highest BCUT2D eigenvalue weighted by Crippen LogP contribution is 2.28. The highest BCUT2D eigenvalue weighted by atomic mass is 16.6. The van der Waals surface area contributed by atoms with E-state index >= 15 is 0 Å². The minimum absolute atomic E-state index is 0.00948. The third kappa shape index (κ3) is 6.68. The van der Waals surface area contributed by atoms with Gasteiger partial charge < -0.3 is 20.3 Å². The minimum Gasteiger partial charge on any atom is -0.444 e. The molecule has 2 aromatic rings. The number of nitrogens with one attached hydrogen (secondary N) is 2. The quantitative estimate of drug-likeness (QED) is 0.502. The SMILES string of the molecule is Cc1ccc(NC(=O)c2ccc(N3CCC[C@H](NC(=O)OC(C)(C)C)C3)cc2[N+](=O)[O-])cc1. The Labute approximate surface area is 193 Å². The van der Waals surface area contributed by atoms with Gasteiger partial charge in [-0.1, -0.05) is 17.7 Å². The van der Waals surface area contributed by atoms with E-state index in [1.165, 1.54) is 12.1 Å². The summed E-state index contributed by atoms with van der Waals surface area (Å²) in [6.07, 6.45) is 1.11. The Hall–Kier alpha value is -3.62. The van der Waals surface area contributed by atoms with E-state index in [2.05, 4.69) is 10.6 Å². The molecule has 176 valence electrons. The van der Waals surface area contributed by atoms with Gasteiger partial charge in [-0.3, -0.25) is 14.9 Å². The van der Waals surface area contributed by atoms with Crippen molar-refractivity contribution in [2.75, 3.05) is 23.3 Å². The second-order valence-electron chi connectivity index (χ2n) is 9.21. The van der Waals surface area contributed by atoms with Crippen molar-refractivity contribution in [3.8, 4) is 0 Å². The first-order valence-corrected chi connectivity index (χ1v) is 10.9. The number of anilines is 2. The highest BCUT2D eigenvalue weighted by molar-refractivity contribution is 6.07. The molecular weight excluding hydrogens is 424 g/mol. The Bertz CT molecular complexity index is 1030. The predicted octanol–water partition coefficient (Wildman–Crippen LogP) is 4.65. The zero-order valence-corrected chi connectivity index (χ0v) is 19.4. The molecule has 2 N–H and O–H groups in total. The number of ether oxygens (including phenoxy) is 1. The van der Waals surface area contributed by atoms with Crippen LogP contribution in [0.5, 0.6) is 0 Å². The lowest BCUT2D eigenvalue weighted by Crippen LogP contribution is -2.49. The number of carbonyl (C=O) groups excluding carboxylic acids is 2. The lowest BCUT2D eigenvalue weighted by Gasteiger charge is -2.35. The Kier molecular flexibility index (Phi) is 7.20. The second-order valence-corrected chi connectivity index (χ2v) is 9.21. The van der Waals surface area contributed by atoms with Crippen LogP contribution in [0, 0.1) is 17.0 Å². The fourth-order valence-electron chi connectivity index (χ4n) is 3.70. The molecule has 0 saturated carbocycles. The minimum atomic E-state index is -0.589. The molecule has 1 aliphatic rings. The molecule has 0 bridgehead atoms. The first-order chi connectivity index (χ1) is 15.5. The maximum atomic E-state index is 12.7. The van der Waals surface area contributed by atoms with E-state index in [0.717, 1.165) is 18.4 Å². The Balaban J connectivity index is 1.74. The molecule has 3 rings (SSSR count). The average Bonchev–Trinajstić information content (AvgIpc) is 2.73. The standard InChI is InChI=1S/C24H30N4O5/c1-16-7-9-17(10-8-16)25-22(29)20-12-11-19(14-21(20)28(31)32)27-13-5-6-18(15-27)26-23(30)33-24(2,3)4/h7-12,14,18H,5-6,13,15H2,1-4H3,(H,25,29)(H,26,30)/t18-/m0/s1. The third-order valence-corrected chi connectivity index (χ3v) is 5.24. The summed E-state index contributed by atoms with van der Waals surface area (Å²) in [4.78, 5) is 38.0. The molecule has 0 aliphatic carbocycles. The maximum Gasteiger partial charge on any atom is 0.407 e. The fourth-order valence-corrected chi connectivity index (χ4v) is 3.70. The molecule has 1 atom stereocenters. The van der Waals surface area contributed by atoms with Gasteiger partial charge >= 0.3 is 6.09 Å². The topological polar surface area (TPSA) is 114 Å². The van der Waals surface area contributed by atoms with Gasteiger partial charge in [-0.15, -0.1) is 0 Å². The van der Waals surface area contributed by atoms with Crippen LogP contribution in [-0.4, -0.2) is 41.7 Å². The predicted molar refractivity (Wildman–Crippen MR) is 127 cm³/mol.